The minimum atomic E-state index is -0.595. The van der Waals surface area contributed by atoms with Gasteiger partial charge in [-0.3, -0.25) is 9.59 Å². The molecule has 0 aliphatic heterocycles. The number of nitrogens with one attached hydrogen (secondary N) is 1. The second kappa shape index (κ2) is 4.94. The van der Waals surface area contributed by atoms with Crippen LogP contribution in [0, 0.1) is 6.92 Å². The van der Waals surface area contributed by atoms with Gasteiger partial charge in [0.1, 0.15) is 5.58 Å². The van der Waals surface area contributed by atoms with Gasteiger partial charge >= 0.3 is 0 Å². The van der Waals surface area contributed by atoms with Gasteiger partial charge in [0, 0.05) is 16.3 Å². The molecule has 5 nitrogen and oxygen atoms in total. The van der Waals surface area contributed by atoms with Gasteiger partial charge in [-0.15, -0.1) is 0 Å². The molecule has 0 radical (unpaired) electrons. The monoisotopic (exact) mass is 282 g/mol. The molecule has 2 amide bonds. The summed E-state index contributed by atoms with van der Waals surface area (Å²) in [6.07, 6.45) is 0. The van der Waals surface area contributed by atoms with Crippen molar-refractivity contribution in [2.24, 2.45) is 5.73 Å². The van der Waals surface area contributed by atoms with Crippen LogP contribution in [0.5, 0.6) is 0 Å². The Bertz CT molecular complexity index is 864. The maximum atomic E-state index is 12.1. The van der Waals surface area contributed by atoms with Gasteiger partial charge in [0.15, 0.2) is 5.76 Å². The molecule has 0 atom stereocenters. The summed E-state index contributed by atoms with van der Waals surface area (Å²) in [5.41, 5.74) is 6.45. The lowest BCUT2D eigenvalue weighted by molar-refractivity contribution is -0.117. The zero-order chi connectivity index (χ0) is 15.0. The van der Waals surface area contributed by atoms with Crippen LogP contribution in [0.4, 0.5) is 0 Å². The van der Waals surface area contributed by atoms with E-state index in [-0.39, 0.29) is 12.3 Å². The summed E-state index contributed by atoms with van der Waals surface area (Å²) < 4.78 is 5.74. The molecule has 0 spiro atoms. The first-order valence-electron chi connectivity index (χ1n) is 6.55. The molecular weight excluding hydrogens is 268 g/mol. The van der Waals surface area contributed by atoms with Crippen molar-refractivity contribution in [3.8, 4) is 0 Å². The van der Waals surface area contributed by atoms with Crippen LogP contribution < -0.4 is 11.1 Å². The summed E-state index contributed by atoms with van der Waals surface area (Å²) in [4.78, 5) is 22.8. The van der Waals surface area contributed by atoms with Gasteiger partial charge < -0.3 is 15.5 Å². The van der Waals surface area contributed by atoms with E-state index in [0.29, 0.717) is 5.58 Å². The van der Waals surface area contributed by atoms with E-state index >= 15 is 0 Å². The molecule has 0 aliphatic carbocycles. The van der Waals surface area contributed by atoms with E-state index in [4.69, 9.17) is 10.2 Å². The van der Waals surface area contributed by atoms with Gasteiger partial charge in [-0.25, -0.2) is 0 Å². The molecular formula is C16H14N2O3. The number of aryl methyl sites for hydroxylation is 1. The number of primary amides is 1. The smallest absolute Gasteiger partial charge is 0.287 e. The minimum Gasteiger partial charge on any atom is -0.450 e. The molecule has 0 bridgehead atoms. The summed E-state index contributed by atoms with van der Waals surface area (Å²) in [5, 5.41) is 5.32. The maximum Gasteiger partial charge on any atom is 0.287 e. The number of rotatable bonds is 3. The van der Waals surface area contributed by atoms with Crippen molar-refractivity contribution >= 4 is 33.6 Å². The average molecular weight is 282 g/mol. The fourth-order valence-electron chi connectivity index (χ4n) is 2.41. The molecule has 0 fully saturated rings. The molecule has 1 aromatic heterocycles. The van der Waals surface area contributed by atoms with Crippen molar-refractivity contribution in [3.63, 3.8) is 0 Å². The predicted molar refractivity (Wildman–Crippen MR) is 80.0 cm³/mol. The first kappa shape index (κ1) is 13.2. The number of carbonyl (C=O) groups excluding carboxylic acids is 2. The molecule has 5 heteroatoms. The molecule has 0 unspecified atom stereocenters. The molecule has 0 saturated carbocycles. The van der Waals surface area contributed by atoms with Crippen molar-refractivity contribution < 1.29 is 14.0 Å². The molecule has 3 N–H and O–H groups in total. The Balaban J connectivity index is 2.12. The van der Waals surface area contributed by atoms with Crippen LogP contribution in [-0.2, 0) is 4.79 Å². The van der Waals surface area contributed by atoms with Crippen LogP contribution in [-0.4, -0.2) is 18.4 Å². The van der Waals surface area contributed by atoms with Crippen molar-refractivity contribution in [2.45, 2.75) is 6.92 Å². The highest BCUT2D eigenvalue weighted by molar-refractivity contribution is 6.09. The van der Waals surface area contributed by atoms with Gasteiger partial charge in [0.2, 0.25) is 5.91 Å². The fraction of sp³-hybridized carbons (Fsp3) is 0.125. The second-order valence-corrected chi connectivity index (χ2v) is 4.87. The number of benzene rings is 2. The first-order valence-corrected chi connectivity index (χ1v) is 6.55. The van der Waals surface area contributed by atoms with E-state index < -0.39 is 11.8 Å². The number of hydrogen-bond donors (Lipinski definition) is 2. The average Bonchev–Trinajstić information content (AvgIpc) is 2.82. The number of fused-ring (bicyclic) bond motifs is 3. The highest BCUT2D eigenvalue weighted by Gasteiger charge is 2.19. The Kier molecular flexibility index (Phi) is 3.10. The van der Waals surface area contributed by atoms with Gasteiger partial charge in [-0.1, -0.05) is 36.4 Å². The Morgan fingerprint density at radius 1 is 1.14 bits per heavy atom. The van der Waals surface area contributed by atoms with Gasteiger partial charge in [-0.05, 0) is 12.3 Å². The van der Waals surface area contributed by atoms with Crippen LogP contribution >= 0.6 is 0 Å². The highest BCUT2D eigenvalue weighted by atomic mass is 16.3. The lowest BCUT2D eigenvalue weighted by Gasteiger charge is -1.99. The Labute approximate surface area is 120 Å². The molecule has 1 heterocycles. The SMILES string of the molecule is Cc1c(C(=O)NCC(N)=O)oc2c1ccc1ccccc12. The maximum absolute atomic E-state index is 12.1. The van der Waals surface area contributed by atoms with Crippen LogP contribution in [0.15, 0.2) is 40.8 Å². The lowest BCUT2D eigenvalue weighted by atomic mass is 10.1. The zero-order valence-corrected chi connectivity index (χ0v) is 11.5. The molecule has 21 heavy (non-hydrogen) atoms. The van der Waals surface area contributed by atoms with Crippen molar-refractivity contribution in [1.29, 1.82) is 0 Å². The van der Waals surface area contributed by atoms with E-state index in [9.17, 15) is 9.59 Å². The third kappa shape index (κ3) is 2.23. The molecule has 3 rings (SSSR count). The van der Waals surface area contributed by atoms with E-state index in [1.807, 2.05) is 43.3 Å². The molecule has 106 valence electrons. The molecule has 0 aliphatic rings. The van der Waals surface area contributed by atoms with Crippen molar-refractivity contribution in [3.05, 3.63) is 47.7 Å². The van der Waals surface area contributed by atoms with Crippen molar-refractivity contribution in [1.82, 2.24) is 5.32 Å². The fourth-order valence-corrected chi connectivity index (χ4v) is 2.41. The third-order valence-corrected chi connectivity index (χ3v) is 3.46. The number of amides is 2. The Morgan fingerprint density at radius 2 is 1.90 bits per heavy atom. The molecule has 2 aromatic carbocycles. The second-order valence-electron chi connectivity index (χ2n) is 4.87. The van der Waals surface area contributed by atoms with Crippen LogP contribution in [0.25, 0.3) is 21.7 Å². The standard InChI is InChI=1S/C16H14N2O3/c1-9-11-7-6-10-4-2-3-5-12(10)15(11)21-14(9)16(20)18-8-13(17)19/h2-7H,8H2,1H3,(H2,17,19)(H,18,20). The summed E-state index contributed by atoms with van der Waals surface area (Å²) in [6, 6.07) is 11.7. The van der Waals surface area contributed by atoms with Gasteiger partial charge in [0.25, 0.3) is 5.91 Å². The number of furan rings is 1. The Hall–Kier alpha value is -2.82. The minimum absolute atomic E-state index is 0.211. The summed E-state index contributed by atoms with van der Waals surface area (Å²) >= 11 is 0. The van der Waals surface area contributed by atoms with E-state index in [1.165, 1.54) is 0 Å². The molecule has 0 saturated heterocycles. The topological polar surface area (TPSA) is 85.3 Å². The van der Waals surface area contributed by atoms with E-state index in [2.05, 4.69) is 5.32 Å². The largest absolute Gasteiger partial charge is 0.450 e. The highest BCUT2D eigenvalue weighted by Crippen LogP contribution is 2.31. The number of hydrogen-bond acceptors (Lipinski definition) is 3. The predicted octanol–water partition coefficient (Wildman–Crippen LogP) is 2.11. The summed E-state index contributed by atoms with van der Waals surface area (Å²) in [6.45, 7) is 1.61. The van der Waals surface area contributed by atoms with Crippen LogP contribution in [0.2, 0.25) is 0 Å². The lowest BCUT2D eigenvalue weighted by Crippen LogP contribution is -2.33. The van der Waals surface area contributed by atoms with Gasteiger partial charge in [0.05, 0.1) is 6.54 Å². The Morgan fingerprint density at radius 3 is 2.67 bits per heavy atom. The first-order chi connectivity index (χ1) is 10.1. The molecule has 3 aromatic rings. The van der Waals surface area contributed by atoms with E-state index in [0.717, 1.165) is 21.7 Å². The quantitative estimate of drug-likeness (QED) is 0.771. The number of carbonyl (C=O) groups is 2. The summed E-state index contributed by atoms with van der Waals surface area (Å²) in [7, 11) is 0. The van der Waals surface area contributed by atoms with E-state index in [1.54, 1.807) is 0 Å². The zero-order valence-electron chi connectivity index (χ0n) is 11.5. The third-order valence-electron chi connectivity index (χ3n) is 3.46. The van der Waals surface area contributed by atoms with Crippen molar-refractivity contribution in [2.75, 3.05) is 6.54 Å². The number of nitrogens with two attached hydrogens (primary N) is 1. The van der Waals surface area contributed by atoms with Crippen LogP contribution in [0.1, 0.15) is 16.1 Å². The van der Waals surface area contributed by atoms with Crippen LogP contribution in [0.3, 0.4) is 0 Å². The normalized spacial score (nSPS) is 10.9. The summed E-state index contributed by atoms with van der Waals surface area (Å²) in [5.74, 6) is -0.822. The van der Waals surface area contributed by atoms with Gasteiger partial charge in [-0.2, -0.15) is 0 Å².